The lowest BCUT2D eigenvalue weighted by Gasteiger charge is -2.27. The first-order valence-corrected chi connectivity index (χ1v) is 5.16. The quantitative estimate of drug-likeness (QED) is 0.698. The van der Waals surface area contributed by atoms with Crippen LogP contribution in [-0.4, -0.2) is 23.9 Å². The van der Waals surface area contributed by atoms with E-state index in [1.807, 2.05) is 0 Å². The average Bonchev–Trinajstić information content (AvgIpc) is 2.86. The third-order valence-electron chi connectivity index (χ3n) is 2.91. The van der Waals surface area contributed by atoms with Gasteiger partial charge in [-0.15, -0.1) is 0 Å². The molecular weight excluding hydrogens is 152 g/mol. The molecule has 0 heterocycles. The first-order chi connectivity index (χ1) is 5.86. The van der Waals surface area contributed by atoms with E-state index in [0.29, 0.717) is 0 Å². The molecule has 2 heteroatoms. The molecule has 2 nitrogen and oxygen atoms in total. The molecule has 2 atom stereocenters. The average molecular weight is 170 g/mol. The maximum atomic E-state index is 9.58. The number of aliphatic hydroxyl groups excluding tert-OH is 1. The molecule has 0 aromatic carbocycles. The zero-order valence-corrected chi connectivity index (χ0v) is 7.54. The summed E-state index contributed by atoms with van der Waals surface area (Å²) in [4.78, 5) is 0. The maximum Gasteiger partial charge on any atom is 0.0834 e. The topological polar surface area (TPSA) is 29.5 Å². The summed E-state index contributed by atoms with van der Waals surface area (Å²) < 4.78 is 5.67. The zero-order valence-electron chi connectivity index (χ0n) is 7.54. The Hall–Kier alpha value is -0.0800. The molecule has 0 spiro atoms. The summed E-state index contributed by atoms with van der Waals surface area (Å²) in [5, 5.41) is 9.58. The highest BCUT2D eigenvalue weighted by Crippen LogP contribution is 2.30. The van der Waals surface area contributed by atoms with Crippen molar-refractivity contribution >= 4 is 0 Å². The molecule has 0 radical (unpaired) electrons. The Bertz CT molecular complexity index is 143. The molecule has 0 bridgehead atoms. The van der Waals surface area contributed by atoms with E-state index in [9.17, 15) is 5.11 Å². The van der Waals surface area contributed by atoms with E-state index in [0.717, 1.165) is 25.4 Å². The molecule has 0 aromatic heterocycles. The van der Waals surface area contributed by atoms with Gasteiger partial charge in [-0.3, -0.25) is 0 Å². The van der Waals surface area contributed by atoms with E-state index >= 15 is 0 Å². The highest BCUT2D eigenvalue weighted by Gasteiger charge is 2.27. The molecule has 2 saturated carbocycles. The summed E-state index contributed by atoms with van der Waals surface area (Å²) in [7, 11) is 0. The van der Waals surface area contributed by atoms with Gasteiger partial charge in [0.25, 0.3) is 0 Å². The smallest absolute Gasteiger partial charge is 0.0834 e. The molecule has 0 aromatic rings. The first kappa shape index (κ1) is 8.52. The highest BCUT2D eigenvalue weighted by molar-refractivity contribution is 4.77. The molecule has 2 fully saturated rings. The molecule has 0 saturated heterocycles. The van der Waals surface area contributed by atoms with Gasteiger partial charge >= 0.3 is 0 Å². The van der Waals surface area contributed by atoms with Gasteiger partial charge in [-0.05, 0) is 31.6 Å². The summed E-state index contributed by atoms with van der Waals surface area (Å²) in [6.07, 6.45) is 7.04. The molecular formula is C10H18O2. The lowest BCUT2D eigenvalue weighted by Crippen LogP contribution is -2.32. The molecule has 0 aliphatic heterocycles. The van der Waals surface area contributed by atoms with Crippen molar-refractivity contribution in [3.63, 3.8) is 0 Å². The Morgan fingerprint density at radius 3 is 2.50 bits per heavy atom. The van der Waals surface area contributed by atoms with Gasteiger partial charge in [0.1, 0.15) is 0 Å². The predicted molar refractivity (Wildman–Crippen MR) is 46.9 cm³/mol. The molecule has 2 rings (SSSR count). The van der Waals surface area contributed by atoms with Crippen molar-refractivity contribution in [2.45, 2.75) is 50.7 Å². The standard InChI is InChI=1S/C10H18O2/c11-9-3-1-2-4-10(9)12-7-8-5-6-8/h8-11H,1-7H2. The predicted octanol–water partition coefficient (Wildman–Crippen LogP) is 1.72. The molecule has 70 valence electrons. The first-order valence-electron chi connectivity index (χ1n) is 5.16. The Balaban J connectivity index is 1.68. The van der Waals surface area contributed by atoms with E-state index in [-0.39, 0.29) is 12.2 Å². The fraction of sp³-hybridized carbons (Fsp3) is 1.00. The van der Waals surface area contributed by atoms with Gasteiger partial charge in [0.2, 0.25) is 0 Å². The second kappa shape index (κ2) is 3.75. The van der Waals surface area contributed by atoms with Crippen LogP contribution < -0.4 is 0 Å². The summed E-state index contributed by atoms with van der Waals surface area (Å²) in [6.45, 7) is 0.891. The molecule has 2 unspecified atom stereocenters. The van der Waals surface area contributed by atoms with E-state index < -0.39 is 0 Å². The van der Waals surface area contributed by atoms with Crippen LogP contribution in [0, 0.1) is 5.92 Å². The minimum Gasteiger partial charge on any atom is -0.390 e. The van der Waals surface area contributed by atoms with Crippen LogP contribution in [0.3, 0.4) is 0 Å². The van der Waals surface area contributed by atoms with Crippen molar-refractivity contribution in [3.05, 3.63) is 0 Å². The zero-order chi connectivity index (χ0) is 8.39. The van der Waals surface area contributed by atoms with Crippen molar-refractivity contribution in [1.29, 1.82) is 0 Å². The number of hydrogen-bond acceptors (Lipinski definition) is 2. The van der Waals surface area contributed by atoms with Crippen LogP contribution in [0.5, 0.6) is 0 Å². The monoisotopic (exact) mass is 170 g/mol. The Labute approximate surface area is 73.9 Å². The molecule has 0 amide bonds. The SMILES string of the molecule is OC1CCCCC1OCC1CC1. The summed E-state index contributed by atoms with van der Waals surface area (Å²) in [5.74, 6) is 0.819. The van der Waals surface area contributed by atoms with Crippen LogP contribution in [0.1, 0.15) is 38.5 Å². The van der Waals surface area contributed by atoms with Crippen LogP contribution in [-0.2, 0) is 4.74 Å². The van der Waals surface area contributed by atoms with Crippen molar-refractivity contribution in [3.8, 4) is 0 Å². The van der Waals surface area contributed by atoms with Gasteiger partial charge in [0, 0.05) is 6.61 Å². The summed E-state index contributed by atoms with van der Waals surface area (Å²) in [5.41, 5.74) is 0. The Morgan fingerprint density at radius 1 is 1.08 bits per heavy atom. The number of hydrogen-bond donors (Lipinski definition) is 1. The van der Waals surface area contributed by atoms with Gasteiger partial charge in [-0.1, -0.05) is 12.8 Å². The van der Waals surface area contributed by atoms with Crippen LogP contribution in [0.15, 0.2) is 0 Å². The van der Waals surface area contributed by atoms with Gasteiger partial charge in [0.05, 0.1) is 12.2 Å². The van der Waals surface area contributed by atoms with Gasteiger partial charge < -0.3 is 9.84 Å². The third-order valence-corrected chi connectivity index (χ3v) is 2.91. The van der Waals surface area contributed by atoms with Crippen molar-refractivity contribution in [2.75, 3.05) is 6.61 Å². The van der Waals surface area contributed by atoms with Crippen molar-refractivity contribution in [2.24, 2.45) is 5.92 Å². The minimum absolute atomic E-state index is 0.152. The van der Waals surface area contributed by atoms with E-state index in [1.54, 1.807) is 0 Å². The molecule has 2 aliphatic rings. The summed E-state index contributed by atoms with van der Waals surface area (Å²) >= 11 is 0. The van der Waals surface area contributed by atoms with E-state index in [2.05, 4.69) is 0 Å². The third kappa shape index (κ3) is 2.20. The van der Waals surface area contributed by atoms with Gasteiger partial charge in [0.15, 0.2) is 0 Å². The van der Waals surface area contributed by atoms with Gasteiger partial charge in [-0.25, -0.2) is 0 Å². The fourth-order valence-electron chi connectivity index (χ4n) is 1.82. The Morgan fingerprint density at radius 2 is 1.83 bits per heavy atom. The molecule has 1 N–H and O–H groups in total. The molecule has 12 heavy (non-hydrogen) atoms. The minimum atomic E-state index is -0.183. The van der Waals surface area contributed by atoms with Crippen LogP contribution in [0.25, 0.3) is 0 Å². The normalized spacial score (nSPS) is 36.8. The van der Waals surface area contributed by atoms with E-state index in [4.69, 9.17) is 4.74 Å². The lowest BCUT2D eigenvalue weighted by atomic mass is 9.95. The number of rotatable bonds is 3. The summed E-state index contributed by atoms with van der Waals surface area (Å²) in [6, 6.07) is 0. The lowest BCUT2D eigenvalue weighted by molar-refractivity contribution is -0.0618. The highest BCUT2D eigenvalue weighted by atomic mass is 16.5. The largest absolute Gasteiger partial charge is 0.390 e. The van der Waals surface area contributed by atoms with Crippen LogP contribution in [0.4, 0.5) is 0 Å². The number of ether oxygens (including phenoxy) is 1. The van der Waals surface area contributed by atoms with Crippen molar-refractivity contribution in [1.82, 2.24) is 0 Å². The number of aliphatic hydroxyl groups is 1. The van der Waals surface area contributed by atoms with Crippen LogP contribution in [0.2, 0.25) is 0 Å². The van der Waals surface area contributed by atoms with Gasteiger partial charge in [-0.2, -0.15) is 0 Å². The van der Waals surface area contributed by atoms with Crippen LogP contribution >= 0.6 is 0 Å². The fourth-order valence-corrected chi connectivity index (χ4v) is 1.82. The maximum absolute atomic E-state index is 9.58. The van der Waals surface area contributed by atoms with Crippen molar-refractivity contribution < 1.29 is 9.84 Å². The second-order valence-corrected chi connectivity index (χ2v) is 4.17. The second-order valence-electron chi connectivity index (χ2n) is 4.17. The van der Waals surface area contributed by atoms with E-state index in [1.165, 1.54) is 25.7 Å². The Kier molecular flexibility index (Phi) is 2.66. The molecule has 2 aliphatic carbocycles.